The van der Waals surface area contributed by atoms with Crippen molar-refractivity contribution in [3.63, 3.8) is 0 Å². The van der Waals surface area contributed by atoms with E-state index < -0.39 is 9.84 Å². The van der Waals surface area contributed by atoms with Crippen molar-refractivity contribution in [1.29, 1.82) is 0 Å². The molecule has 2 aromatic heterocycles. The van der Waals surface area contributed by atoms with Crippen LogP contribution in [0.5, 0.6) is 0 Å². The highest BCUT2D eigenvalue weighted by molar-refractivity contribution is 7.98. The first-order valence-electron chi connectivity index (χ1n) is 8.54. The Morgan fingerprint density at radius 1 is 1.33 bits per heavy atom. The van der Waals surface area contributed by atoms with Gasteiger partial charge >= 0.3 is 0 Å². The first-order valence-corrected chi connectivity index (χ1v) is 11.3. The zero-order chi connectivity index (χ0) is 19.0. The van der Waals surface area contributed by atoms with Crippen molar-refractivity contribution >= 4 is 32.5 Å². The Morgan fingerprint density at radius 3 is 2.96 bits per heavy atom. The Morgan fingerprint density at radius 2 is 2.19 bits per heavy atom. The number of hydrogen-bond donors (Lipinski definition) is 1. The molecule has 1 fully saturated rings. The maximum atomic E-state index is 12.2. The molecule has 1 N–H and O–H groups in total. The van der Waals surface area contributed by atoms with Gasteiger partial charge in [0.1, 0.15) is 5.82 Å². The summed E-state index contributed by atoms with van der Waals surface area (Å²) < 4.78 is 28.7. The number of para-hydroxylation sites is 1. The lowest BCUT2D eigenvalue weighted by Gasteiger charge is -2.04. The summed E-state index contributed by atoms with van der Waals surface area (Å²) in [6.07, 6.45) is 1.10. The summed E-state index contributed by atoms with van der Waals surface area (Å²) in [6.45, 7) is 1.92. The standard InChI is InChI=1S/C17H18N4O4S2/c1-10-3-2-4-12-15(10)18-13(19-16(12)22)8-26-17-21-20-14(25-17)7-11-5-6-27(23,24)9-11/h2-4,11H,5-9H2,1H3,(H,18,19,22). The normalized spacial score (nSPS) is 18.9. The van der Waals surface area contributed by atoms with Gasteiger partial charge in [0.15, 0.2) is 9.84 Å². The van der Waals surface area contributed by atoms with Crippen molar-refractivity contribution in [3.8, 4) is 0 Å². The van der Waals surface area contributed by atoms with Crippen LogP contribution in [-0.2, 0) is 22.0 Å². The van der Waals surface area contributed by atoms with E-state index in [1.165, 1.54) is 11.8 Å². The van der Waals surface area contributed by atoms with Gasteiger partial charge in [-0.2, -0.15) is 0 Å². The number of aromatic nitrogens is 4. The van der Waals surface area contributed by atoms with Gasteiger partial charge < -0.3 is 9.40 Å². The van der Waals surface area contributed by atoms with Gasteiger partial charge in [-0.1, -0.05) is 23.9 Å². The highest BCUT2D eigenvalue weighted by Crippen LogP contribution is 2.25. The summed E-state index contributed by atoms with van der Waals surface area (Å²) >= 11 is 1.28. The van der Waals surface area contributed by atoms with Crippen molar-refractivity contribution in [2.75, 3.05) is 11.5 Å². The molecule has 3 aromatic rings. The molecule has 0 radical (unpaired) electrons. The molecule has 0 amide bonds. The monoisotopic (exact) mass is 406 g/mol. The van der Waals surface area contributed by atoms with E-state index in [2.05, 4.69) is 20.2 Å². The first-order chi connectivity index (χ1) is 12.9. The number of thioether (sulfide) groups is 1. The van der Waals surface area contributed by atoms with Crippen LogP contribution >= 0.6 is 11.8 Å². The number of fused-ring (bicyclic) bond motifs is 1. The molecule has 1 aliphatic heterocycles. The Bertz CT molecular complexity index is 1150. The van der Waals surface area contributed by atoms with Crippen LogP contribution in [0.4, 0.5) is 0 Å². The minimum atomic E-state index is -2.92. The first kappa shape index (κ1) is 18.2. The molecule has 0 saturated carbocycles. The molecule has 1 aliphatic rings. The predicted molar refractivity (Wildman–Crippen MR) is 101 cm³/mol. The lowest BCUT2D eigenvalue weighted by molar-refractivity contribution is 0.389. The molecule has 1 atom stereocenters. The average molecular weight is 406 g/mol. The molecule has 8 nitrogen and oxygen atoms in total. The second-order valence-electron chi connectivity index (χ2n) is 6.71. The third-order valence-corrected chi connectivity index (χ3v) is 7.22. The lowest BCUT2D eigenvalue weighted by Crippen LogP contribution is -2.11. The summed E-state index contributed by atoms with van der Waals surface area (Å²) in [5.74, 6) is 1.81. The van der Waals surface area contributed by atoms with Crippen molar-refractivity contribution in [1.82, 2.24) is 20.2 Å². The largest absolute Gasteiger partial charge is 0.416 e. The van der Waals surface area contributed by atoms with E-state index >= 15 is 0 Å². The third-order valence-electron chi connectivity index (χ3n) is 4.56. The molecule has 3 heterocycles. The van der Waals surface area contributed by atoms with Gasteiger partial charge in [-0.15, -0.1) is 10.2 Å². The summed E-state index contributed by atoms with van der Waals surface area (Å²) in [7, 11) is -2.92. The van der Waals surface area contributed by atoms with Gasteiger partial charge in [0.2, 0.25) is 5.89 Å². The maximum absolute atomic E-state index is 12.2. The fraction of sp³-hybridized carbons (Fsp3) is 0.412. The number of rotatable bonds is 5. The van der Waals surface area contributed by atoms with Crippen LogP contribution in [0, 0.1) is 12.8 Å². The van der Waals surface area contributed by atoms with Crippen LogP contribution in [0.15, 0.2) is 32.6 Å². The topological polar surface area (TPSA) is 119 Å². The predicted octanol–water partition coefficient (Wildman–Crippen LogP) is 1.88. The van der Waals surface area contributed by atoms with Crippen LogP contribution in [-0.4, -0.2) is 40.1 Å². The number of aromatic amines is 1. The van der Waals surface area contributed by atoms with E-state index in [4.69, 9.17) is 4.42 Å². The minimum absolute atomic E-state index is 0.0368. The van der Waals surface area contributed by atoms with E-state index in [0.717, 1.165) is 5.56 Å². The van der Waals surface area contributed by atoms with Crippen LogP contribution in [0.3, 0.4) is 0 Å². The van der Waals surface area contributed by atoms with Crippen LogP contribution < -0.4 is 5.56 Å². The fourth-order valence-corrected chi connectivity index (χ4v) is 5.72. The Kier molecular flexibility index (Phi) is 4.77. The molecule has 0 aliphatic carbocycles. The minimum Gasteiger partial charge on any atom is -0.416 e. The maximum Gasteiger partial charge on any atom is 0.277 e. The smallest absolute Gasteiger partial charge is 0.277 e. The van der Waals surface area contributed by atoms with Gasteiger partial charge in [-0.05, 0) is 30.9 Å². The molecule has 0 bridgehead atoms. The van der Waals surface area contributed by atoms with E-state index in [-0.39, 0.29) is 23.0 Å². The van der Waals surface area contributed by atoms with Gasteiger partial charge in [0, 0.05) is 6.42 Å². The molecular formula is C17H18N4O4S2. The zero-order valence-corrected chi connectivity index (χ0v) is 16.3. The summed E-state index contributed by atoms with van der Waals surface area (Å²) in [5, 5.41) is 8.92. The summed E-state index contributed by atoms with van der Waals surface area (Å²) in [4.78, 5) is 19.5. The zero-order valence-electron chi connectivity index (χ0n) is 14.6. The van der Waals surface area contributed by atoms with Crippen LogP contribution in [0.1, 0.15) is 23.7 Å². The molecule has 142 valence electrons. The number of H-pyrrole nitrogens is 1. The summed E-state index contributed by atoms with van der Waals surface area (Å²) in [5.41, 5.74) is 1.45. The quantitative estimate of drug-likeness (QED) is 0.638. The van der Waals surface area contributed by atoms with Gasteiger partial charge in [0.25, 0.3) is 10.8 Å². The number of benzene rings is 1. The van der Waals surface area contributed by atoms with Crippen molar-refractivity contribution in [3.05, 3.63) is 45.8 Å². The van der Waals surface area contributed by atoms with Crippen molar-refractivity contribution in [2.24, 2.45) is 5.92 Å². The fourth-order valence-electron chi connectivity index (χ4n) is 3.21. The molecule has 27 heavy (non-hydrogen) atoms. The SMILES string of the molecule is Cc1cccc2c(=O)[nH]c(CSc3nnc(CC4CCS(=O)(=O)C4)o3)nc12. The van der Waals surface area contributed by atoms with Gasteiger partial charge in [-0.3, -0.25) is 4.79 Å². The molecule has 4 rings (SSSR count). The highest BCUT2D eigenvalue weighted by atomic mass is 32.2. The second-order valence-corrected chi connectivity index (χ2v) is 9.86. The number of sulfone groups is 1. The van der Waals surface area contributed by atoms with E-state index in [1.54, 1.807) is 6.07 Å². The van der Waals surface area contributed by atoms with Gasteiger partial charge in [-0.25, -0.2) is 13.4 Å². The molecule has 1 unspecified atom stereocenters. The number of hydrogen-bond acceptors (Lipinski definition) is 8. The highest BCUT2D eigenvalue weighted by Gasteiger charge is 2.29. The van der Waals surface area contributed by atoms with E-state index in [1.807, 2.05) is 19.1 Å². The molecular weight excluding hydrogens is 388 g/mol. The van der Waals surface area contributed by atoms with Crippen LogP contribution in [0.2, 0.25) is 0 Å². The Balaban J connectivity index is 1.44. The Labute approximate surface area is 159 Å². The van der Waals surface area contributed by atoms with Gasteiger partial charge in [0.05, 0.1) is 28.2 Å². The third kappa shape index (κ3) is 4.06. The molecule has 1 saturated heterocycles. The number of nitrogens with zero attached hydrogens (tertiary/aromatic N) is 3. The second kappa shape index (κ2) is 7.08. The molecule has 1 aromatic carbocycles. The van der Waals surface area contributed by atoms with Crippen molar-refractivity contribution < 1.29 is 12.8 Å². The number of aryl methyl sites for hydroxylation is 1. The molecule has 10 heteroatoms. The van der Waals surface area contributed by atoms with E-state index in [9.17, 15) is 13.2 Å². The summed E-state index contributed by atoms with van der Waals surface area (Å²) in [6, 6.07) is 5.50. The Hall–Kier alpha value is -2.20. The lowest BCUT2D eigenvalue weighted by atomic mass is 10.1. The molecule has 0 spiro atoms. The van der Waals surface area contributed by atoms with E-state index in [0.29, 0.717) is 46.4 Å². The van der Waals surface area contributed by atoms with Crippen molar-refractivity contribution in [2.45, 2.75) is 30.7 Å². The number of nitrogens with one attached hydrogen (secondary N) is 1. The average Bonchev–Trinajstić information content (AvgIpc) is 3.20. The van der Waals surface area contributed by atoms with Crippen LogP contribution in [0.25, 0.3) is 10.9 Å².